The van der Waals surface area contributed by atoms with Crippen LogP contribution in [-0.2, 0) is 15.0 Å². The highest BCUT2D eigenvalue weighted by molar-refractivity contribution is 7.11. The second-order valence-electron chi connectivity index (χ2n) is 6.18. The van der Waals surface area contributed by atoms with E-state index < -0.39 is 5.41 Å². The molecule has 2 aliphatic rings. The smallest absolute Gasteiger partial charge is 0.260 e. The summed E-state index contributed by atoms with van der Waals surface area (Å²) in [6.07, 6.45) is 1.31. The predicted octanol–water partition coefficient (Wildman–Crippen LogP) is 2.64. The molecule has 0 saturated carbocycles. The summed E-state index contributed by atoms with van der Waals surface area (Å²) in [5.41, 5.74) is 1.49. The second kappa shape index (κ2) is 5.94. The Morgan fingerprint density at radius 1 is 1.21 bits per heavy atom. The average molecular weight is 342 g/mol. The number of anilines is 1. The van der Waals surface area contributed by atoms with Gasteiger partial charge in [0.25, 0.3) is 5.91 Å². The molecule has 0 atom stereocenters. The zero-order valence-corrected chi connectivity index (χ0v) is 14.0. The van der Waals surface area contributed by atoms with Crippen molar-refractivity contribution in [1.29, 1.82) is 0 Å². The Morgan fingerprint density at radius 3 is 2.75 bits per heavy atom. The first-order valence-electron chi connectivity index (χ1n) is 8.04. The van der Waals surface area contributed by atoms with Crippen LogP contribution in [0.1, 0.15) is 18.4 Å². The van der Waals surface area contributed by atoms with Gasteiger partial charge in [-0.25, -0.2) is 0 Å². The summed E-state index contributed by atoms with van der Waals surface area (Å²) >= 11 is 1.47. The third-order valence-electron chi connectivity index (χ3n) is 4.93. The van der Waals surface area contributed by atoms with E-state index in [4.69, 9.17) is 4.74 Å². The average Bonchev–Trinajstić information content (AvgIpc) is 3.21. The van der Waals surface area contributed by atoms with Crippen molar-refractivity contribution in [1.82, 2.24) is 4.90 Å². The van der Waals surface area contributed by atoms with Crippen LogP contribution in [0.15, 0.2) is 41.8 Å². The van der Waals surface area contributed by atoms with Gasteiger partial charge in [-0.2, -0.15) is 0 Å². The fourth-order valence-electron chi connectivity index (χ4n) is 3.58. The number of fused-ring (bicyclic) bond motifs is 2. The molecule has 1 saturated heterocycles. The highest BCUT2D eigenvalue weighted by atomic mass is 32.1. The van der Waals surface area contributed by atoms with E-state index in [9.17, 15) is 9.59 Å². The van der Waals surface area contributed by atoms with E-state index in [1.807, 2.05) is 41.8 Å². The summed E-state index contributed by atoms with van der Waals surface area (Å²) in [6.45, 7) is 1.21. The highest BCUT2D eigenvalue weighted by Crippen LogP contribution is 2.44. The molecule has 0 unspecified atom stereocenters. The lowest BCUT2D eigenvalue weighted by Gasteiger charge is -2.37. The monoisotopic (exact) mass is 342 g/mol. The number of hydrogen-bond acceptors (Lipinski definition) is 4. The Morgan fingerprint density at radius 2 is 2.00 bits per heavy atom. The van der Waals surface area contributed by atoms with Crippen molar-refractivity contribution < 1.29 is 14.3 Å². The van der Waals surface area contributed by atoms with Gasteiger partial charge in [-0.15, -0.1) is 11.3 Å². The standard InChI is InChI=1S/C18H18N2O3S/c21-15(12-23-16-6-3-11-24-16)20-9-7-18(8-10-20)13-4-1-2-5-14(13)19-17(18)22/h1-6,11H,7-10,12H2,(H,19,22). The van der Waals surface area contributed by atoms with Gasteiger partial charge >= 0.3 is 0 Å². The fraction of sp³-hybridized carbons (Fsp3) is 0.333. The number of amides is 2. The van der Waals surface area contributed by atoms with E-state index in [-0.39, 0.29) is 18.4 Å². The van der Waals surface area contributed by atoms with Gasteiger partial charge in [0.2, 0.25) is 5.91 Å². The number of nitrogens with one attached hydrogen (secondary N) is 1. The summed E-state index contributed by atoms with van der Waals surface area (Å²) in [6, 6.07) is 11.6. The molecule has 2 amide bonds. The van der Waals surface area contributed by atoms with E-state index in [1.165, 1.54) is 11.3 Å². The summed E-state index contributed by atoms with van der Waals surface area (Å²) in [4.78, 5) is 26.7. The molecule has 1 aromatic carbocycles. The van der Waals surface area contributed by atoms with E-state index in [1.54, 1.807) is 4.90 Å². The van der Waals surface area contributed by atoms with E-state index in [0.717, 1.165) is 16.3 Å². The molecular formula is C18H18N2O3S. The maximum Gasteiger partial charge on any atom is 0.260 e. The molecule has 1 aromatic heterocycles. The fourth-order valence-corrected chi connectivity index (χ4v) is 4.15. The van der Waals surface area contributed by atoms with Crippen LogP contribution in [0.2, 0.25) is 0 Å². The summed E-state index contributed by atoms with van der Waals surface area (Å²) in [7, 11) is 0. The van der Waals surface area contributed by atoms with Crippen LogP contribution in [0.4, 0.5) is 5.69 Å². The van der Waals surface area contributed by atoms with Gasteiger partial charge in [-0.05, 0) is 42.0 Å². The SMILES string of the molecule is O=C(COc1cccs1)N1CCC2(CC1)C(=O)Nc1ccccc12. The molecule has 1 fully saturated rings. The third kappa shape index (κ3) is 2.47. The number of thiophene rings is 1. The molecule has 1 spiro atoms. The topological polar surface area (TPSA) is 58.6 Å². The number of nitrogens with zero attached hydrogens (tertiary/aromatic N) is 1. The number of piperidine rings is 1. The lowest BCUT2D eigenvalue weighted by atomic mass is 9.73. The molecule has 0 radical (unpaired) electrons. The minimum atomic E-state index is -0.484. The second-order valence-corrected chi connectivity index (χ2v) is 7.09. The van der Waals surface area contributed by atoms with Crippen molar-refractivity contribution in [2.45, 2.75) is 18.3 Å². The van der Waals surface area contributed by atoms with Crippen molar-refractivity contribution in [3.05, 3.63) is 47.3 Å². The van der Waals surface area contributed by atoms with Gasteiger partial charge in [0.15, 0.2) is 11.7 Å². The molecule has 4 rings (SSSR count). The van der Waals surface area contributed by atoms with Crippen LogP contribution in [0.25, 0.3) is 0 Å². The van der Waals surface area contributed by atoms with Crippen molar-refractivity contribution in [3.8, 4) is 5.06 Å². The zero-order chi connectivity index (χ0) is 16.6. The molecule has 5 nitrogen and oxygen atoms in total. The van der Waals surface area contributed by atoms with Gasteiger partial charge in [-0.3, -0.25) is 9.59 Å². The van der Waals surface area contributed by atoms with Crippen molar-refractivity contribution in [3.63, 3.8) is 0 Å². The molecule has 0 aliphatic carbocycles. The molecule has 2 aliphatic heterocycles. The summed E-state index contributed by atoms with van der Waals surface area (Å²) in [5, 5.41) is 5.65. The van der Waals surface area contributed by atoms with Crippen LogP contribution < -0.4 is 10.1 Å². The van der Waals surface area contributed by atoms with Crippen molar-refractivity contribution in [2.24, 2.45) is 0 Å². The van der Waals surface area contributed by atoms with Crippen LogP contribution in [0.3, 0.4) is 0 Å². The van der Waals surface area contributed by atoms with Crippen LogP contribution in [0.5, 0.6) is 5.06 Å². The van der Waals surface area contributed by atoms with Gasteiger partial charge in [0, 0.05) is 18.8 Å². The number of likely N-dealkylation sites (tertiary alicyclic amines) is 1. The van der Waals surface area contributed by atoms with Crippen LogP contribution >= 0.6 is 11.3 Å². The molecule has 124 valence electrons. The van der Waals surface area contributed by atoms with Gasteiger partial charge in [0.05, 0.1) is 5.41 Å². The zero-order valence-electron chi connectivity index (χ0n) is 13.2. The summed E-state index contributed by atoms with van der Waals surface area (Å²) < 4.78 is 5.50. The Balaban J connectivity index is 1.42. The van der Waals surface area contributed by atoms with Gasteiger partial charge in [-0.1, -0.05) is 18.2 Å². The van der Waals surface area contributed by atoms with Gasteiger partial charge < -0.3 is 15.0 Å². The number of ether oxygens (including phenoxy) is 1. The summed E-state index contributed by atoms with van der Waals surface area (Å²) in [5.74, 6) is 0.0376. The first-order chi connectivity index (χ1) is 11.7. The quantitative estimate of drug-likeness (QED) is 0.933. The molecule has 24 heavy (non-hydrogen) atoms. The van der Waals surface area contributed by atoms with Crippen LogP contribution in [-0.4, -0.2) is 36.4 Å². The van der Waals surface area contributed by atoms with Gasteiger partial charge in [0.1, 0.15) is 0 Å². The lowest BCUT2D eigenvalue weighted by Crippen LogP contribution is -2.49. The minimum absolute atomic E-state index is 0.0232. The Kier molecular flexibility index (Phi) is 3.76. The predicted molar refractivity (Wildman–Crippen MR) is 92.4 cm³/mol. The number of carbonyl (C=O) groups is 2. The molecule has 0 bridgehead atoms. The minimum Gasteiger partial charge on any atom is -0.474 e. The first-order valence-corrected chi connectivity index (χ1v) is 8.92. The number of rotatable bonds is 3. The first kappa shape index (κ1) is 15.2. The molecular weight excluding hydrogens is 324 g/mol. The van der Waals surface area contributed by atoms with Crippen LogP contribution in [0, 0.1) is 0 Å². The normalized spacial score (nSPS) is 18.3. The number of benzene rings is 1. The Bertz CT molecular complexity index is 764. The van der Waals surface area contributed by atoms with Crippen molar-refractivity contribution >= 4 is 28.8 Å². The molecule has 6 heteroatoms. The number of hydrogen-bond donors (Lipinski definition) is 1. The Hall–Kier alpha value is -2.34. The molecule has 3 heterocycles. The van der Waals surface area contributed by atoms with E-state index in [0.29, 0.717) is 25.9 Å². The number of carbonyl (C=O) groups excluding carboxylic acids is 2. The number of para-hydroxylation sites is 1. The van der Waals surface area contributed by atoms with Crippen molar-refractivity contribution in [2.75, 3.05) is 25.0 Å². The molecule has 2 aromatic rings. The molecule has 1 N–H and O–H groups in total. The maximum absolute atomic E-state index is 12.5. The largest absolute Gasteiger partial charge is 0.474 e. The third-order valence-corrected chi connectivity index (χ3v) is 5.71. The Labute approximate surface area is 144 Å². The van der Waals surface area contributed by atoms with E-state index in [2.05, 4.69) is 5.32 Å². The maximum atomic E-state index is 12.5. The van der Waals surface area contributed by atoms with E-state index >= 15 is 0 Å². The lowest BCUT2D eigenvalue weighted by molar-refractivity contribution is -0.136. The highest BCUT2D eigenvalue weighted by Gasteiger charge is 2.48.